The number of rotatable bonds is 4. The molecule has 26 heavy (non-hydrogen) atoms. The Bertz CT molecular complexity index is 775. The number of aromatic nitrogens is 2. The van der Waals surface area contributed by atoms with Crippen molar-refractivity contribution in [3.8, 4) is 11.5 Å². The van der Waals surface area contributed by atoms with Crippen LogP contribution in [0.15, 0.2) is 28.8 Å². The summed E-state index contributed by atoms with van der Waals surface area (Å²) in [4.78, 5) is 18.4. The largest absolute Gasteiger partial charge is 0.381 e. The Morgan fingerprint density at radius 2 is 2.23 bits per heavy atom. The number of ether oxygens (including phenoxy) is 1. The minimum Gasteiger partial charge on any atom is -0.381 e. The first-order valence-corrected chi connectivity index (χ1v) is 8.92. The standard InChI is InChI=1S/C18H21FN4O3/c19-14-6-2-1-5-13(14)17-21-16(22-26-17)10-20-18(24)23-8-7-15(23)12-4-3-9-25-11-12/h1-2,5-6,12,15H,3-4,7-11H2,(H,20,24). The fourth-order valence-corrected chi connectivity index (χ4v) is 3.54. The normalized spacial score (nSPS) is 22.7. The zero-order chi connectivity index (χ0) is 17.9. The maximum atomic E-state index is 13.8. The molecule has 2 aliphatic heterocycles. The van der Waals surface area contributed by atoms with E-state index in [4.69, 9.17) is 9.26 Å². The van der Waals surface area contributed by atoms with Crippen molar-refractivity contribution in [3.63, 3.8) is 0 Å². The van der Waals surface area contributed by atoms with Crippen LogP contribution in [0.25, 0.3) is 11.5 Å². The van der Waals surface area contributed by atoms with Crippen LogP contribution in [0.1, 0.15) is 25.1 Å². The minimum atomic E-state index is -0.426. The van der Waals surface area contributed by atoms with Gasteiger partial charge >= 0.3 is 6.03 Å². The summed E-state index contributed by atoms with van der Waals surface area (Å²) in [7, 11) is 0. The van der Waals surface area contributed by atoms with Gasteiger partial charge in [0.15, 0.2) is 5.82 Å². The Balaban J connectivity index is 1.33. The van der Waals surface area contributed by atoms with E-state index in [1.807, 2.05) is 4.90 Å². The first-order valence-electron chi connectivity index (χ1n) is 8.92. The second-order valence-corrected chi connectivity index (χ2v) is 6.68. The molecule has 4 rings (SSSR count). The van der Waals surface area contributed by atoms with Crippen LogP contribution in [0.2, 0.25) is 0 Å². The van der Waals surface area contributed by atoms with Gasteiger partial charge in [0.1, 0.15) is 5.82 Å². The maximum Gasteiger partial charge on any atom is 0.318 e. The van der Waals surface area contributed by atoms with Gasteiger partial charge in [-0.05, 0) is 31.4 Å². The fraction of sp³-hybridized carbons (Fsp3) is 0.500. The van der Waals surface area contributed by atoms with Gasteiger partial charge in [-0.1, -0.05) is 17.3 Å². The third kappa shape index (κ3) is 3.41. The van der Waals surface area contributed by atoms with Gasteiger partial charge in [0.25, 0.3) is 5.89 Å². The second kappa shape index (κ2) is 7.41. The smallest absolute Gasteiger partial charge is 0.318 e. The predicted molar refractivity (Wildman–Crippen MR) is 90.6 cm³/mol. The van der Waals surface area contributed by atoms with E-state index < -0.39 is 5.82 Å². The molecule has 7 nitrogen and oxygen atoms in total. The Morgan fingerprint density at radius 3 is 2.96 bits per heavy atom. The monoisotopic (exact) mass is 360 g/mol. The van der Waals surface area contributed by atoms with Crippen LogP contribution in [0.3, 0.4) is 0 Å². The number of amides is 2. The van der Waals surface area contributed by atoms with E-state index in [0.29, 0.717) is 11.7 Å². The van der Waals surface area contributed by atoms with Crippen molar-refractivity contribution in [2.24, 2.45) is 5.92 Å². The summed E-state index contributed by atoms with van der Waals surface area (Å²) in [5, 5.41) is 6.63. The molecule has 1 aromatic carbocycles. The van der Waals surface area contributed by atoms with E-state index in [-0.39, 0.29) is 30.1 Å². The van der Waals surface area contributed by atoms with Crippen molar-refractivity contribution >= 4 is 6.03 Å². The Kier molecular flexibility index (Phi) is 4.83. The highest BCUT2D eigenvalue weighted by atomic mass is 19.1. The molecule has 8 heteroatoms. The van der Waals surface area contributed by atoms with Gasteiger partial charge in [-0.15, -0.1) is 0 Å². The van der Waals surface area contributed by atoms with E-state index in [1.54, 1.807) is 18.2 Å². The van der Waals surface area contributed by atoms with E-state index in [9.17, 15) is 9.18 Å². The molecule has 138 valence electrons. The summed E-state index contributed by atoms with van der Waals surface area (Å²) in [6, 6.07) is 6.31. The summed E-state index contributed by atoms with van der Waals surface area (Å²) in [6.45, 7) is 2.43. The number of carbonyl (C=O) groups excluding carboxylic acids is 1. The first kappa shape index (κ1) is 17.0. The number of urea groups is 1. The number of hydrogen-bond donors (Lipinski definition) is 1. The number of benzene rings is 1. The molecule has 2 aliphatic rings. The lowest BCUT2D eigenvalue weighted by Crippen LogP contribution is -2.58. The number of nitrogens with zero attached hydrogens (tertiary/aromatic N) is 3. The molecule has 0 radical (unpaired) electrons. The van der Waals surface area contributed by atoms with Crippen molar-refractivity contribution in [1.29, 1.82) is 0 Å². The molecule has 2 amide bonds. The van der Waals surface area contributed by atoms with Gasteiger partial charge in [0.2, 0.25) is 0 Å². The molecular weight excluding hydrogens is 339 g/mol. The molecule has 0 saturated carbocycles. The van der Waals surface area contributed by atoms with Crippen molar-refractivity contribution in [2.45, 2.75) is 31.8 Å². The number of halogens is 1. The SMILES string of the molecule is O=C(NCc1noc(-c2ccccc2F)n1)N1CCC1C1CCCOC1. The van der Waals surface area contributed by atoms with Gasteiger partial charge in [-0.2, -0.15) is 4.98 Å². The summed E-state index contributed by atoms with van der Waals surface area (Å²) in [6.07, 6.45) is 3.17. The predicted octanol–water partition coefficient (Wildman–Crippen LogP) is 2.59. The number of nitrogens with one attached hydrogen (secondary N) is 1. The Hall–Kier alpha value is -2.48. The lowest BCUT2D eigenvalue weighted by atomic mass is 9.86. The van der Waals surface area contributed by atoms with Gasteiger partial charge in [-0.3, -0.25) is 0 Å². The van der Waals surface area contributed by atoms with E-state index in [1.165, 1.54) is 6.07 Å². The summed E-state index contributed by atoms with van der Waals surface area (Å²) in [5.74, 6) is 0.411. The Labute approximate surface area is 150 Å². The molecule has 2 fully saturated rings. The molecule has 1 N–H and O–H groups in total. The third-order valence-electron chi connectivity index (χ3n) is 5.04. The Morgan fingerprint density at radius 1 is 1.35 bits per heavy atom. The average molecular weight is 360 g/mol. The second-order valence-electron chi connectivity index (χ2n) is 6.68. The van der Waals surface area contributed by atoms with Crippen molar-refractivity contribution in [2.75, 3.05) is 19.8 Å². The summed E-state index contributed by atoms with van der Waals surface area (Å²) < 4.78 is 24.4. The van der Waals surface area contributed by atoms with Crippen LogP contribution in [-0.2, 0) is 11.3 Å². The van der Waals surface area contributed by atoms with Crippen LogP contribution in [0.5, 0.6) is 0 Å². The van der Waals surface area contributed by atoms with Crippen LogP contribution in [0, 0.1) is 11.7 Å². The highest BCUT2D eigenvalue weighted by molar-refractivity contribution is 5.75. The highest BCUT2D eigenvalue weighted by Crippen LogP contribution is 2.30. The maximum absolute atomic E-state index is 13.8. The van der Waals surface area contributed by atoms with Gasteiger partial charge < -0.3 is 19.5 Å². The summed E-state index contributed by atoms with van der Waals surface area (Å²) >= 11 is 0. The molecule has 1 aromatic heterocycles. The first-order chi connectivity index (χ1) is 12.7. The van der Waals surface area contributed by atoms with Crippen LogP contribution < -0.4 is 5.32 Å². The van der Waals surface area contributed by atoms with Gasteiger partial charge in [0.05, 0.1) is 18.7 Å². The molecule has 0 bridgehead atoms. The molecule has 3 heterocycles. The zero-order valence-electron chi connectivity index (χ0n) is 14.4. The number of hydrogen-bond acceptors (Lipinski definition) is 5. The van der Waals surface area contributed by atoms with Gasteiger partial charge in [0, 0.05) is 25.1 Å². The quantitative estimate of drug-likeness (QED) is 0.906. The molecule has 2 saturated heterocycles. The van der Waals surface area contributed by atoms with Crippen LogP contribution in [-0.4, -0.2) is 46.9 Å². The molecule has 2 unspecified atom stereocenters. The number of carbonyl (C=O) groups is 1. The zero-order valence-corrected chi connectivity index (χ0v) is 14.4. The lowest BCUT2D eigenvalue weighted by molar-refractivity contribution is -0.0119. The highest BCUT2D eigenvalue weighted by Gasteiger charge is 2.38. The summed E-state index contributed by atoms with van der Waals surface area (Å²) in [5.41, 5.74) is 0.248. The molecule has 0 spiro atoms. The van der Waals surface area contributed by atoms with Crippen molar-refractivity contribution < 1.29 is 18.4 Å². The lowest BCUT2D eigenvalue weighted by Gasteiger charge is -2.46. The van der Waals surface area contributed by atoms with Crippen molar-refractivity contribution in [3.05, 3.63) is 35.9 Å². The van der Waals surface area contributed by atoms with Crippen LogP contribution >= 0.6 is 0 Å². The molecule has 2 aromatic rings. The number of likely N-dealkylation sites (tertiary alicyclic amines) is 1. The van der Waals surface area contributed by atoms with Gasteiger partial charge in [-0.25, -0.2) is 9.18 Å². The fourth-order valence-electron chi connectivity index (χ4n) is 3.54. The molecular formula is C18H21FN4O3. The van der Waals surface area contributed by atoms with E-state index in [2.05, 4.69) is 15.5 Å². The topological polar surface area (TPSA) is 80.5 Å². The molecule has 2 atom stereocenters. The average Bonchev–Trinajstić information content (AvgIpc) is 3.09. The molecule has 0 aliphatic carbocycles. The minimum absolute atomic E-state index is 0.105. The van der Waals surface area contributed by atoms with E-state index >= 15 is 0 Å². The van der Waals surface area contributed by atoms with Crippen LogP contribution in [0.4, 0.5) is 9.18 Å². The van der Waals surface area contributed by atoms with E-state index in [0.717, 1.165) is 39.0 Å². The third-order valence-corrected chi connectivity index (χ3v) is 5.04. The van der Waals surface area contributed by atoms with Crippen molar-refractivity contribution in [1.82, 2.24) is 20.4 Å².